The molecule has 0 amide bonds. The fourth-order valence-electron chi connectivity index (χ4n) is 1.56. The second kappa shape index (κ2) is 2.63. The summed E-state index contributed by atoms with van der Waals surface area (Å²) in [6.45, 7) is 0. The molecule has 0 aliphatic rings. The highest BCUT2D eigenvalue weighted by atomic mass is 19.1. The molecule has 0 fully saturated rings. The molecule has 0 aliphatic carbocycles. The molecule has 2 heterocycles. The van der Waals surface area contributed by atoms with Gasteiger partial charge in [-0.15, -0.1) is 0 Å². The van der Waals surface area contributed by atoms with Crippen molar-refractivity contribution < 1.29 is 4.39 Å². The summed E-state index contributed by atoms with van der Waals surface area (Å²) in [6.07, 6.45) is 0. The zero-order chi connectivity index (χ0) is 10.4. The molecule has 74 valence electrons. The number of fused-ring (bicyclic) bond motifs is 3. The Morgan fingerprint density at radius 3 is 3.07 bits per heavy atom. The minimum Gasteiger partial charge on any atom is -0.338 e. The number of rotatable bonds is 0. The molecule has 0 spiro atoms. The smallest absolute Gasteiger partial charge is 0.338 e. The molecule has 0 unspecified atom stereocenters. The van der Waals surface area contributed by atoms with E-state index in [4.69, 9.17) is 0 Å². The second-order valence-electron chi connectivity index (χ2n) is 3.15. The molecule has 0 saturated heterocycles. The van der Waals surface area contributed by atoms with Crippen molar-refractivity contribution in [3.05, 3.63) is 34.5 Å². The Kier molecular flexibility index (Phi) is 1.42. The standard InChI is InChI=1S/C9H5FN4O/c10-4-1-2-6-5(3-4)7-8(11-6)12-9(15)14-13-7/h1-3H,(H2,11,12,14,15). The van der Waals surface area contributed by atoms with Gasteiger partial charge in [0.1, 0.15) is 11.3 Å². The number of nitrogens with one attached hydrogen (secondary N) is 2. The van der Waals surface area contributed by atoms with E-state index in [1.54, 1.807) is 6.07 Å². The molecule has 1 aromatic carbocycles. The lowest BCUT2D eigenvalue weighted by Gasteiger charge is -1.89. The third-order valence-electron chi connectivity index (χ3n) is 2.19. The summed E-state index contributed by atoms with van der Waals surface area (Å²) in [6, 6.07) is 4.26. The van der Waals surface area contributed by atoms with E-state index in [1.165, 1.54) is 12.1 Å². The van der Waals surface area contributed by atoms with Gasteiger partial charge in [-0.25, -0.2) is 14.3 Å². The average molecular weight is 204 g/mol. The van der Waals surface area contributed by atoms with Crippen molar-refractivity contribution >= 4 is 22.1 Å². The molecule has 0 saturated carbocycles. The van der Waals surface area contributed by atoms with Crippen molar-refractivity contribution in [2.45, 2.75) is 0 Å². The predicted octanol–water partition coefficient (Wildman–Crippen LogP) is 0.938. The van der Waals surface area contributed by atoms with E-state index in [1.807, 2.05) is 0 Å². The lowest BCUT2D eigenvalue weighted by molar-refractivity contribution is 0.630. The fourth-order valence-corrected chi connectivity index (χ4v) is 1.56. The van der Waals surface area contributed by atoms with Crippen molar-refractivity contribution in [1.82, 2.24) is 20.2 Å². The van der Waals surface area contributed by atoms with Crippen LogP contribution in [0.4, 0.5) is 4.39 Å². The van der Waals surface area contributed by atoms with Crippen molar-refractivity contribution in [3.63, 3.8) is 0 Å². The van der Waals surface area contributed by atoms with Crippen LogP contribution in [0.3, 0.4) is 0 Å². The third kappa shape index (κ3) is 1.11. The van der Waals surface area contributed by atoms with Gasteiger partial charge in [-0.3, -0.25) is 0 Å². The van der Waals surface area contributed by atoms with Crippen LogP contribution in [0.25, 0.3) is 22.1 Å². The molecule has 0 aliphatic heterocycles. The predicted molar refractivity (Wildman–Crippen MR) is 52.0 cm³/mol. The lowest BCUT2D eigenvalue weighted by Crippen LogP contribution is -2.10. The number of benzene rings is 1. The first kappa shape index (κ1) is 8.10. The Morgan fingerprint density at radius 2 is 2.20 bits per heavy atom. The Morgan fingerprint density at radius 1 is 1.33 bits per heavy atom. The average Bonchev–Trinajstić information content (AvgIpc) is 2.54. The van der Waals surface area contributed by atoms with Gasteiger partial charge in [0.2, 0.25) is 0 Å². The summed E-state index contributed by atoms with van der Waals surface area (Å²) in [7, 11) is 0. The molecule has 0 bridgehead atoms. The van der Waals surface area contributed by atoms with Crippen LogP contribution < -0.4 is 5.69 Å². The second-order valence-corrected chi connectivity index (χ2v) is 3.15. The molecule has 15 heavy (non-hydrogen) atoms. The van der Waals surface area contributed by atoms with Gasteiger partial charge in [0.25, 0.3) is 0 Å². The number of H-pyrrole nitrogens is 2. The van der Waals surface area contributed by atoms with Crippen LogP contribution in [-0.2, 0) is 0 Å². The van der Waals surface area contributed by atoms with E-state index < -0.39 is 5.69 Å². The highest BCUT2D eigenvalue weighted by Gasteiger charge is 2.07. The first-order chi connectivity index (χ1) is 7.24. The molecule has 3 aromatic rings. The summed E-state index contributed by atoms with van der Waals surface area (Å²) < 4.78 is 13.0. The molecule has 2 N–H and O–H groups in total. The fraction of sp³-hybridized carbons (Fsp3) is 0. The zero-order valence-corrected chi connectivity index (χ0v) is 7.41. The minimum absolute atomic E-state index is 0.351. The molecule has 3 rings (SSSR count). The Bertz CT molecular complexity index is 715. The Hall–Kier alpha value is -2.24. The van der Waals surface area contributed by atoms with E-state index in [0.29, 0.717) is 22.1 Å². The normalized spacial score (nSPS) is 11.3. The van der Waals surface area contributed by atoms with Crippen molar-refractivity contribution in [1.29, 1.82) is 0 Å². The molecule has 2 aromatic heterocycles. The number of halogens is 1. The van der Waals surface area contributed by atoms with Gasteiger partial charge in [-0.05, 0) is 18.2 Å². The van der Waals surface area contributed by atoms with Crippen LogP contribution in [0.5, 0.6) is 0 Å². The van der Waals surface area contributed by atoms with Crippen LogP contribution in [0.1, 0.15) is 0 Å². The van der Waals surface area contributed by atoms with Crippen LogP contribution in [0.15, 0.2) is 23.0 Å². The summed E-state index contributed by atoms with van der Waals surface area (Å²) in [4.78, 5) is 17.5. The van der Waals surface area contributed by atoms with Crippen LogP contribution in [0, 0.1) is 5.82 Å². The number of aromatic nitrogens is 4. The monoisotopic (exact) mass is 204 g/mol. The van der Waals surface area contributed by atoms with Gasteiger partial charge in [-0.1, -0.05) is 0 Å². The van der Waals surface area contributed by atoms with Crippen LogP contribution in [-0.4, -0.2) is 20.2 Å². The van der Waals surface area contributed by atoms with Gasteiger partial charge in [0.05, 0.1) is 0 Å². The number of aromatic amines is 2. The van der Waals surface area contributed by atoms with Gasteiger partial charge < -0.3 is 4.98 Å². The van der Waals surface area contributed by atoms with Gasteiger partial charge >= 0.3 is 5.69 Å². The van der Waals surface area contributed by atoms with E-state index in [2.05, 4.69) is 20.2 Å². The summed E-state index contributed by atoms with van der Waals surface area (Å²) >= 11 is 0. The number of hydrogen-bond donors (Lipinski definition) is 2. The SMILES string of the molecule is O=c1nc2[nH]c3ccc(F)cc3c2n[nH]1. The molecular formula is C9H5FN4O. The van der Waals surface area contributed by atoms with Gasteiger partial charge in [-0.2, -0.15) is 10.1 Å². The van der Waals surface area contributed by atoms with E-state index in [-0.39, 0.29) is 5.82 Å². The maximum atomic E-state index is 13.0. The molecule has 0 radical (unpaired) electrons. The third-order valence-corrected chi connectivity index (χ3v) is 2.19. The maximum Gasteiger partial charge on any atom is 0.363 e. The largest absolute Gasteiger partial charge is 0.363 e. The number of nitrogens with zero attached hydrogens (tertiary/aromatic N) is 2. The zero-order valence-electron chi connectivity index (χ0n) is 7.41. The minimum atomic E-state index is -0.533. The lowest BCUT2D eigenvalue weighted by atomic mass is 10.2. The van der Waals surface area contributed by atoms with Gasteiger partial charge in [0, 0.05) is 10.9 Å². The van der Waals surface area contributed by atoms with Crippen molar-refractivity contribution in [2.24, 2.45) is 0 Å². The first-order valence-electron chi connectivity index (χ1n) is 4.28. The molecule has 5 nitrogen and oxygen atoms in total. The summed E-state index contributed by atoms with van der Waals surface area (Å²) in [5.74, 6) is -0.351. The van der Waals surface area contributed by atoms with Crippen LogP contribution >= 0.6 is 0 Å². The van der Waals surface area contributed by atoms with Crippen molar-refractivity contribution in [2.75, 3.05) is 0 Å². The maximum absolute atomic E-state index is 13.0. The molecular weight excluding hydrogens is 199 g/mol. The van der Waals surface area contributed by atoms with Gasteiger partial charge in [0.15, 0.2) is 5.65 Å². The highest BCUT2D eigenvalue weighted by molar-refractivity contribution is 6.02. The van der Waals surface area contributed by atoms with Crippen molar-refractivity contribution in [3.8, 4) is 0 Å². The topological polar surface area (TPSA) is 74.4 Å². The Labute approximate surface area is 82.0 Å². The Balaban J connectivity index is 2.58. The summed E-state index contributed by atoms with van der Waals surface area (Å²) in [5.41, 5.74) is 0.989. The highest BCUT2D eigenvalue weighted by Crippen LogP contribution is 2.21. The first-order valence-corrected chi connectivity index (χ1v) is 4.28. The molecule has 0 atom stereocenters. The summed E-state index contributed by atoms with van der Waals surface area (Å²) in [5, 5.41) is 6.63. The van der Waals surface area contributed by atoms with E-state index in [9.17, 15) is 9.18 Å². The molecule has 6 heteroatoms. The van der Waals surface area contributed by atoms with Crippen LogP contribution in [0.2, 0.25) is 0 Å². The van der Waals surface area contributed by atoms with E-state index in [0.717, 1.165) is 0 Å². The van der Waals surface area contributed by atoms with E-state index >= 15 is 0 Å². The quantitative estimate of drug-likeness (QED) is 0.572. The number of hydrogen-bond acceptors (Lipinski definition) is 3.